The van der Waals surface area contributed by atoms with Crippen LogP contribution in [0.2, 0.25) is 0 Å². The first-order valence-corrected chi connectivity index (χ1v) is 7.65. The van der Waals surface area contributed by atoms with Gasteiger partial charge in [0.25, 0.3) is 0 Å². The predicted molar refractivity (Wildman–Crippen MR) is 89.9 cm³/mol. The van der Waals surface area contributed by atoms with E-state index in [0.717, 1.165) is 28.8 Å². The highest BCUT2D eigenvalue weighted by atomic mass is 16.2. The first-order chi connectivity index (χ1) is 10.4. The summed E-state index contributed by atoms with van der Waals surface area (Å²) in [5, 5.41) is 2.99. The molecule has 1 atom stereocenters. The number of benzene rings is 2. The van der Waals surface area contributed by atoms with Crippen molar-refractivity contribution in [3.05, 3.63) is 64.7 Å². The van der Waals surface area contributed by atoms with Crippen molar-refractivity contribution in [2.45, 2.75) is 38.6 Å². The minimum absolute atomic E-state index is 0.0550. The lowest BCUT2D eigenvalue weighted by Gasteiger charge is -2.19. The fraction of sp³-hybridized carbons (Fsp3) is 0.316. The van der Waals surface area contributed by atoms with Gasteiger partial charge in [-0.15, -0.1) is 0 Å². The molecule has 0 fully saturated rings. The fourth-order valence-corrected chi connectivity index (χ4v) is 3.07. The number of carbonyl (C=O) groups is 1. The minimum Gasteiger partial charge on any atom is -0.325 e. The van der Waals surface area contributed by atoms with Crippen molar-refractivity contribution in [1.82, 2.24) is 0 Å². The molecule has 0 saturated carbocycles. The molecule has 1 amide bonds. The maximum absolute atomic E-state index is 12.1. The third kappa shape index (κ3) is 2.42. The number of nitrogens with one attached hydrogen (secondary N) is 1. The Balaban J connectivity index is 1.95. The Kier molecular flexibility index (Phi) is 3.53. The van der Waals surface area contributed by atoms with Crippen LogP contribution in [0.25, 0.3) is 0 Å². The van der Waals surface area contributed by atoms with Crippen LogP contribution < -0.4 is 11.1 Å². The lowest BCUT2D eigenvalue weighted by molar-refractivity contribution is -0.119. The molecule has 3 N–H and O–H groups in total. The van der Waals surface area contributed by atoms with Crippen LogP contribution in [0.5, 0.6) is 0 Å². The largest absolute Gasteiger partial charge is 0.325 e. The molecule has 1 aliphatic rings. The van der Waals surface area contributed by atoms with Crippen molar-refractivity contribution in [1.29, 1.82) is 0 Å². The average Bonchev–Trinajstić information content (AvgIpc) is 2.71. The summed E-state index contributed by atoms with van der Waals surface area (Å²) in [5.41, 5.74) is 11.3. The van der Waals surface area contributed by atoms with E-state index < -0.39 is 5.41 Å². The second-order valence-corrected chi connectivity index (χ2v) is 6.64. The van der Waals surface area contributed by atoms with Gasteiger partial charge in [-0.2, -0.15) is 0 Å². The molecule has 3 heteroatoms. The first-order valence-electron chi connectivity index (χ1n) is 7.65. The Morgan fingerprint density at radius 3 is 2.55 bits per heavy atom. The Morgan fingerprint density at radius 2 is 1.86 bits per heavy atom. The molecule has 1 unspecified atom stereocenters. The van der Waals surface area contributed by atoms with Crippen LogP contribution in [0.4, 0.5) is 5.69 Å². The van der Waals surface area contributed by atoms with Gasteiger partial charge in [-0.3, -0.25) is 4.79 Å². The van der Waals surface area contributed by atoms with Gasteiger partial charge in [-0.05, 0) is 49.4 Å². The normalized spacial score (nSPS) is 17.0. The summed E-state index contributed by atoms with van der Waals surface area (Å²) in [7, 11) is 0. The lowest BCUT2D eigenvalue weighted by atomic mass is 9.83. The van der Waals surface area contributed by atoms with Crippen LogP contribution in [0.1, 0.15) is 42.1 Å². The molecule has 0 spiro atoms. The molecular formula is C19H22N2O. The third-order valence-corrected chi connectivity index (χ3v) is 4.56. The van der Waals surface area contributed by atoms with E-state index in [0.29, 0.717) is 0 Å². The van der Waals surface area contributed by atoms with Crippen LogP contribution >= 0.6 is 0 Å². The summed E-state index contributed by atoms with van der Waals surface area (Å²) in [6.45, 7) is 5.94. The van der Waals surface area contributed by atoms with E-state index in [4.69, 9.17) is 5.73 Å². The molecule has 114 valence electrons. The zero-order valence-electron chi connectivity index (χ0n) is 13.3. The second-order valence-electron chi connectivity index (χ2n) is 6.64. The minimum atomic E-state index is -0.497. The van der Waals surface area contributed by atoms with E-state index in [1.165, 1.54) is 5.56 Å². The number of anilines is 1. The lowest BCUT2D eigenvalue weighted by Crippen LogP contribution is -2.27. The summed E-state index contributed by atoms with van der Waals surface area (Å²) >= 11 is 0. The number of fused-ring (bicyclic) bond motifs is 1. The average molecular weight is 294 g/mol. The smallest absolute Gasteiger partial charge is 0.234 e. The molecule has 0 bridgehead atoms. The maximum Gasteiger partial charge on any atom is 0.234 e. The van der Waals surface area contributed by atoms with Gasteiger partial charge in [0.15, 0.2) is 0 Å². The van der Waals surface area contributed by atoms with Crippen LogP contribution in [0, 0.1) is 6.92 Å². The number of aryl methyl sites for hydroxylation is 1. The van der Waals surface area contributed by atoms with Crippen molar-refractivity contribution in [3.63, 3.8) is 0 Å². The summed E-state index contributed by atoms with van der Waals surface area (Å²) < 4.78 is 0. The Hall–Kier alpha value is -2.13. The van der Waals surface area contributed by atoms with Gasteiger partial charge in [-0.25, -0.2) is 0 Å². The van der Waals surface area contributed by atoms with Crippen LogP contribution in [-0.4, -0.2) is 5.91 Å². The molecule has 0 saturated heterocycles. The van der Waals surface area contributed by atoms with Gasteiger partial charge < -0.3 is 11.1 Å². The van der Waals surface area contributed by atoms with Gasteiger partial charge >= 0.3 is 0 Å². The summed E-state index contributed by atoms with van der Waals surface area (Å²) in [6.07, 6.45) is 0.793. The highest BCUT2D eigenvalue weighted by molar-refractivity contribution is 6.06. The number of hydrogen-bond donors (Lipinski definition) is 2. The topological polar surface area (TPSA) is 55.1 Å². The van der Waals surface area contributed by atoms with Crippen LogP contribution in [0.3, 0.4) is 0 Å². The van der Waals surface area contributed by atoms with Crippen molar-refractivity contribution in [2.75, 3.05) is 5.32 Å². The zero-order valence-corrected chi connectivity index (χ0v) is 13.3. The van der Waals surface area contributed by atoms with E-state index in [9.17, 15) is 4.79 Å². The monoisotopic (exact) mass is 294 g/mol. The molecule has 0 aromatic heterocycles. The van der Waals surface area contributed by atoms with Crippen molar-refractivity contribution < 1.29 is 4.79 Å². The third-order valence-electron chi connectivity index (χ3n) is 4.56. The summed E-state index contributed by atoms with van der Waals surface area (Å²) in [5.74, 6) is 0.0550. The summed E-state index contributed by atoms with van der Waals surface area (Å²) in [4.78, 5) is 12.1. The van der Waals surface area contributed by atoms with Crippen molar-refractivity contribution >= 4 is 11.6 Å². The van der Waals surface area contributed by atoms with Gasteiger partial charge in [0.2, 0.25) is 5.91 Å². The Morgan fingerprint density at radius 1 is 1.18 bits per heavy atom. The van der Waals surface area contributed by atoms with E-state index in [1.54, 1.807) is 0 Å². The van der Waals surface area contributed by atoms with E-state index in [-0.39, 0.29) is 11.9 Å². The number of rotatable bonds is 3. The Bertz CT molecular complexity index is 720. The number of hydrogen-bond acceptors (Lipinski definition) is 2. The maximum atomic E-state index is 12.1. The fourth-order valence-electron chi connectivity index (χ4n) is 3.07. The van der Waals surface area contributed by atoms with Gasteiger partial charge in [0, 0.05) is 11.7 Å². The molecule has 1 heterocycles. The van der Waals surface area contributed by atoms with E-state index in [1.807, 2.05) is 39.0 Å². The van der Waals surface area contributed by atoms with Crippen LogP contribution in [0.15, 0.2) is 42.5 Å². The number of amides is 1. The van der Waals surface area contributed by atoms with Gasteiger partial charge in [0.05, 0.1) is 5.41 Å². The molecule has 0 radical (unpaired) electrons. The highest BCUT2D eigenvalue weighted by Crippen LogP contribution is 2.40. The number of carbonyl (C=O) groups excluding carboxylic acids is 1. The molecular weight excluding hydrogens is 272 g/mol. The Labute approximate surface area is 131 Å². The predicted octanol–water partition coefficient (Wildman–Crippen LogP) is 3.47. The van der Waals surface area contributed by atoms with Crippen molar-refractivity contribution in [2.24, 2.45) is 5.73 Å². The van der Waals surface area contributed by atoms with Crippen LogP contribution in [-0.2, 0) is 16.6 Å². The molecule has 1 aliphatic heterocycles. The van der Waals surface area contributed by atoms with E-state index in [2.05, 4.69) is 29.6 Å². The number of nitrogens with two attached hydrogens (primary N) is 1. The highest BCUT2D eigenvalue weighted by Gasteiger charge is 2.39. The zero-order chi connectivity index (χ0) is 15.9. The van der Waals surface area contributed by atoms with Gasteiger partial charge in [0.1, 0.15) is 0 Å². The molecule has 2 aromatic rings. The molecule has 0 aliphatic carbocycles. The standard InChI is InChI=1S/C19H22N2O/c1-12-9-14(16(20)10-13-7-5-4-6-8-13)11-15-17(12)21-18(22)19(15,2)3/h4-9,11,16H,10,20H2,1-3H3,(H,21,22). The van der Waals surface area contributed by atoms with Gasteiger partial charge in [-0.1, -0.05) is 42.5 Å². The second kappa shape index (κ2) is 5.25. The SMILES string of the molecule is Cc1cc(C(N)Cc2ccccc2)cc2c1NC(=O)C2(C)C. The first kappa shape index (κ1) is 14.8. The quantitative estimate of drug-likeness (QED) is 0.910. The van der Waals surface area contributed by atoms with E-state index >= 15 is 0 Å². The molecule has 3 nitrogen and oxygen atoms in total. The van der Waals surface area contributed by atoms with Crippen molar-refractivity contribution in [3.8, 4) is 0 Å². The molecule has 2 aromatic carbocycles. The summed E-state index contributed by atoms with van der Waals surface area (Å²) in [6, 6.07) is 14.4. The molecule has 22 heavy (non-hydrogen) atoms. The molecule has 3 rings (SSSR count).